The van der Waals surface area contributed by atoms with Crippen LogP contribution < -0.4 is 5.32 Å². The number of hydrogen-bond donors (Lipinski definition) is 2. The molecule has 1 saturated carbocycles. The minimum absolute atomic E-state index is 0.279. The maximum Gasteiger partial charge on any atom is 0.0599 e. The molecule has 0 radical (unpaired) electrons. The smallest absolute Gasteiger partial charge is 0.0599 e. The molecule has 1 saturated heterocycles. The summed E-state index contributed by atoms with van der Waals surface area (Å²) >= 11 is 0. The van der Waals surface area contributed by atoms with E-state index in [1.54, 1.807) is 0 Å². The van der Waals surface area contributed by atoms with Gasteiger partial charge in [-0.3, -0.25) is 4.90 Å². The van der Waals surface area contributed by atoms with Crippen LogP contribution in [-0.2, 0) is 6.42 Å². The van der Waals surface area contributed by atoms with Gasteiger partial charge in [-0.2, -0.15) is 0 Å². The molecule has 3 heteroatoms. The van der Waals surface area contributed by atoms with Gasteiger partial charge in [0.2, 0.25) is 0 Å². The highest BCUT2D eigenvalue weighted by atomic mass is 16.3. The van der Waals surface area contributed by atoms with Gasteiger partial charge in [0.25, 0.3) is 0 Å². The first kappa shape index (κ1) is 15.0. The van der Waals surface area contributed by atoms with Gasteiger partial charge in [0, 0.05) is 31.2 Å². The van der Waals surface area contributed by atoms with Gasteiger partial charge in [-0.1, -0.05) is 49.6 Å². The number of benzene rings is 1. The predicted octanol–water partition coefficient (Wildman–Crippen LogP) is 2.20. The molecule has 1 aromatic carbocycles. The number of nitrogens with one attached hydrogen (secondary N) is 1. The fraction of sp³-hybridized carbons (Fsp3) is 0.667. The van der Waals surface area contributed by atoms with E-state index >= 15 is 0 Å². The zero-order valence-corrected chi connectivity index (χ0v) is 12.9. The van der Waals surface area contributed by atoms with Crippen LogP contribution in [0.2, 0.25) is 0 Å². The Morgan fingerprint density at radius 3 is 2.57 bits per heavy atom. The third-order valence-electron chi connectivity index (χ3n) is 5.12. The molecule has 2 fully saturated rings. The van der Waals surface area contributed by atoms with Crippen LogP contribution in [0, 0.1) is 0 Å². The Kier molecular flexibility index (Phi) is 5.28. The van der Waals surface area contributed by atoms with Gasteiger partial charge < -0.3 is 10.4 Å². The van der Waals surface area contributed by atoms with E-state index in [2.05, 4.69) is 40.5 Å². The van der Waals surface area contributed by atoms with Gasteiger partial charge in [-0.05, 0) is 24.8 Å². The van der Waals surface area contributed by atoms with Gasteiger partial charge in [0.05, 0.1) is 6.61 Å². The Morgan fingerprint density at radius 1 is 1.10 bits per heavy atom. The first-order valence-corrected chi connectivity index (χ1v) is 8.50. The molecule has 0 spiro atoms. The Bertz CT molecular complexity index is 416. The molecule has 0 bridgehead atoms. The quantitative estimate of drug-likeness (QED) is 0.891. The number of rotatable bonds is 4. The summed E-state index contributed by atoms with van der Waals surface area (Å²) in [4.78, 5) is 2.60. The van der Waals surface area contributed by atoms with Crippen molar-refractivity contribution in [2.75, 3.05) is 19.7 Å². The van der Waals surface area contributed by atoms with Crippen molar-refractivity contribution in [3.05, 3.63) is 35.9 Å². The Morgan fingerprint density at radius 2 is 1.86 bits per heavy atom. The summed E-state index contributed by atoms with van der Waals surface area (Å²) in [6.45, 7) is 2.27. The van der Waals surface area contributed by atoms with E-state index in [1.807, 2.05) is 0 Å². The second kappa shape index (κ2) is 7.39. The topological polar surface area (TPSA) is 35.5 Å². The highest BCUT2D eigenvalue weighted by molar-refractivity contribution is 5.16. The Hall–Kier alpha value is -0.900. The highest BCUT2D eigenvalue weighted by Crippen LogP contribution is 2.26. The summed E-state index contributed by atoms with van der Waals surface area (Å²) in [5.41, 5.74) is 1.40. The van der Waals surface area contributed by atoms with Crippen LogP contribution in [-0.4, -0.2) is 47.8 Å². The third kappa shape index (κ3) is 3.85. The van der Waals surface area contributed by atoms with Crippen molar-refractivity contribution in [2.24, 2.45) is 0 Å². The number of aliphatic hydroxyl groups excluding tert-OH is 1. The molecule has 0 amide bonds. The summed E-state index contributed by atoms with van der Waals surface area (Å²) in [6, 6.07) is 12.2. The average molecular weight is 288 g/mol. The number of aliphatic hydroxyl groups is 1. The van der Waals surface area contributed by atoms with Crippen molar-refractivity contribution in [1.29, 1.82) is 0 Å². The molecule has 3 nitrogen and oxygen atoms in total. The lowest BCUT2D eigenvalue weighted by Gasteiger charge is -2.45. The molecule has 21 heavy (non-hydrogen) atoms. The van der Waals surface area contributed by atoms with E-state index in [0.29, 0.717) is 18.1 Å². The minimum atomic E-state index is 0.279. The molecular weight excluding hydrogens is 260 g/mol. The predicted molar refractivity (Wildman–Crippen MR) is 86.4 cm³/mol. The van der Waals surface area contributed by atoms with Crippen LogP contribution in [0.3, 0.4) is 0 Å². The first-order valence-electron chi connectivity index (χ1n) is 8.50. The molecule has 1 aliphatic heterocycles. The van der Waals surface area contributed by atoms with Crippen molar-refractivity contribution in [2.45, 2.75) is 56.7 Å². The van der Waals surface area contributed by atoms with Gasteiger partial charge in [0.1, 0.15) is 0 Å². The average Bonchev–Trinajstić information content (AvgIpc) is 2.56. The van der Waals surface area contributed by atoms with Gasteiger partial charge >= 0.3 is 0 Å². The van der Waals surface area contributed by atoms with E-state index in [-0.39, 0.29) is 6.61 Å². The molecule has 2 atom stereocenters. The monoisotopic (exact) mass is 288 g/mol. The molecule has 1 aromatic rings. The molecule has 116 valence electrons. The van der Waals surface area contributed by atoms with E-state index < -0.39 is 0 Å². The van der Waals surface area contributed by atoms with Crippen molar-refractivity contribution in [1.82, 2.24) is 10.2 Å². The second-order valence-corrected chi connectivity index (χ2v) is 6.62. The van der Waals surface area contributed by atoms with E-state index in [4.69, 9.17) is 0 Å². The van der Waals surface area contributed by atoms with Crippen molar-refractivity contribution < 1.29 is 5.11 Å². The highest BCUT2D eigenvalue weighted by Gasteiger charge is 2.32. The summed E-state index contributed by atoms with van der Waals surface area (Å²) in [5.74, 6) is 0. The van der Waals surface area contributed by atoms with Crippen molar-refractivity contribution in [3.8, 4) is 0 Å². The SMILES string of the molecule is OCC1CNC(Cc2ccccc2)CN1C1CCCCC1. The van der Waals surface area contributed by atoms with Crippen LogP contribution in [0.5, 0.6) is 0 Å². The van der Waals surface area contributed by atoms with E-state index in [1.165, 1.54) is 37.7 Å². The normalized spacial score (nSPS) is 28.6. The molecule has 1 aliphatic carbocycles. The van der Waals surface area contributed by atoms with Gasteiger partial charge in [0.15, 0.2) is 0 Å². The summed E-state index contributed by atoms with van der Waals surface area (Å²) in [6.07, 6.45) is 7.82. The van der Waals surface area contributed by atoms with Crippen LogP contribution >= 0.6 is 0 Å². The van der Waals surface area contributed by atoms with Crippen LogP contribution in [0.25, 0.3) is 0 Å². The zero-order valence-electron chi connectivity index (χ0n) is 12.9. The summed E-state index contributed by atoms with van der Waals surface area (Å²) < 4.78 is 0. The van der Waals surface area contributed by atoms with E-state index in [0.717, 1.165) is 19.5 Å². The van der Waals surface area contributed by atoms with Gasteiger partial charge in [-0.25, -0.2) is 0 Å². The van der Waals surface area contributed by atoms with Crippen molar-refractivity contribution in [3.63, 3.8) is 0 Å². The Balaban J connectivity index is 1.63. The summed E-state index contributed by atoms with van der Waals surface area (Å²) in [5, 5.41) is 13.3. The standard InChI is InChI=1S/C18H28N2O/c21-14-18-12-19-16(11-15-7-3-1-4-8-15)13-20(18)17-9-5-2-6-10-17/h1,3-4,7-8,16-19,21H,2,5-6,9-14H2. The number of nitrogens with zero attached hydrogens (tertiary/aromatic N) is 1. The maximum absolute atomic E-state index is 9.69. The largest absolute Gasteiger partial charge is 0.395 e. The lowest BCUT2D eigenvalue weighted by Crippen LogP contribution is -2.61. The lowest BCUT2D eigenvalue weighted by atomic mass is 9.91. The zero-order chi connectivity index (χ0) is 14.5. The van der Waals surface area contributed by atoms with Crippen LogP contribution in [0.4, 0.5) is 0 Å². The first-order chi connectivity index (χ1) is 10.4. The maximum atomic E-state index is 9.69. The second-order valence-electron chi connectivity index (χ2n) is 6.62. The minimum Gasteiger partial charge on any atom is -0.395 e. The fourth-order valence-electron chi connectivity index (χ4n) is 3.95. The number of hydrogen-bond acceptors (Lipinski definition) is 3. The molecular formula is C18H28N2O. The molecule has 2 N–H and O–H groups in total. The summed E-state index contributed by atoms with van der Waals surface area (Å²) in [7, 11) is 0. The third-order valence-corrected chi connectivity index (χ3v) is 5.12. The molecule has 2 aliphatic rings. The molecule has 2 unspecified atom stereocenters. The van der Waals surface area contributed by atoms with Crippen molar-refractivity contribution >= 4 is 0 Å². The molecule has 1 heterocycles. The molecule has 3 rings (SSSR count). The Labute approximate surface area is 128 Å². The van der Waals surface area contributed by atoms with Crippen LogP contribution in [0.15, 0.2) is 30.3 Å². The van der Waals surface area contributed by atoms with Gasteiger partial charge in [-0.15, -0.1) is 0 Å². The van der Waals surface area contributed by atoms with Crippen LogP contribution in [0.1, 0.15) is 37.7 Å². The lowest BCUT2D eigenvalue weighted by molar-refractivity contribution is 0.0309. The number of piperazine rings is 1. The molecule has 0 aromatic heterocycles. The van der Waals surface area contributed by atoms with E-state index in [9.17, 15) is 5.11 Å². The fourth-order valence-corrected chi connectivity index (χ4v) is 3.95.